The summed E-state index contributed by atoms with van der Waals surface area (Å²) in [6, 6.07) is 6.15. The van der Waals surface area contributed by atoms with E-state index < -0.39 is 5.97 Å². The molecule has 0 atom stereocenters. The highest BCUT2D eigenvalue weighted by Crippen LogP contribution is 2.23. The predicted octanol–water partition coefficient (Wildman–Crippen LogP) is 2.17. The van der Waals surface area contributed by atoms with Crippen LogP contribution in [-0.4, -0.2) is 30.5 Å². The zero-order valence-corrected chi connectivity index (χ0v) is 13.0. The Morgan fingerprint density at radius 1 is 1.32 bits per heavy atom. The molecule has 22 heavy (non-hydrogen) atoms. The van der Waals surface area contributed by atoms with Gasteiger partial charge in [-0.3, -0.25) is 4.79 Å². The molecular formula is C17H20N2O3. The van der Waals surface area contributed by atoms with Crippen molar-refractivity contribution in [2.45, 2.75) is 20.3 Å². The molecule has 1 heterocycles. The molecule has 1 amide bonds. The van der Waals surface area contributed by atoms with Gasteiger partial charge in [-0.25, -0.2) is 4.79 Å². The molecule has 0 unspecified atom stereocenters. The Morgan fingerprint density at radius 3 is 2.82 bits per heavy atom. The number of fused-ring (bicyclic) bond motifs is 1. The zero-order valence-electron chi connectivity index (χ0n) is 13.0. The maximum absolute atomic E-state index is 12.0. The van der Waals surface area contributed by atoms with Gasteiger partial charge < -0.3 is 15.0 Å². The second-order valence-electron chi connectivity index (χ2n) is 5.18. The van der Waals surface area contributed by atoms with Gasteiger partial charge in [-0.15, -0.1) is 0 Å². The fourth-order valence-corrected chi connectivity index (χ4v) is 2.34. The molecule has 0 saturated carbocycles. The quantitative estimate of drug-likeness (QED) is 0.656. The lowest BCUT2D eigenvalue weighted by molar-refractivity contribution is -0.134. The van der Waals surface area contributed by atoms with Crippen LogP contribution in [-0.2, 0) is 20.7 Å². The third-order valence-electron chi connectivity index (χ3n) is 3.48. The number of aromatic nitrogens is 1. The van der Waals surface area contributed by atoms with Crippen LogP contribution in [0.5, 0.6) is 0 Å². The first kappa shape index (κ1) is 15.8. The number of esters is 1. The topological polar surface area (TPSA) is 71.2 Å². The van der Waals surface area contributed by atoms with Gasteiger partial charge in [0.2, 0.25) is 5.91 Å². The number of carbonyl (C=O) groups is 2. The summed E-state index contributed by atoms with van der Waals surface area (Å²) in [7, 11) is 1.31. The lowest BCUT2D eigenvalue weighted by Crippen LogP contribution is -2.25. The van der Waals surface area contributed by atoms with Gasteiger partial charge in [-0.2, -0.15) is 0 Å². The lowest BCUT2D eigenvalue weighted by Gasteiger charge is -2.03. The van der Waals surface area contributed by atoms with E-state index in [9.17, 15) is 9.59 Å². The summed E-state index contributed by atoms with van der Waals surface area (Å²) in [6.07, 6.45) is 3.16. The molecule has 5 nitrogen and oxygen atoms in total. The first-order chi connectivity index (χ1) is 10.5. The first-order valence-electron chi connectivity index (χ1n) is 7.10. The maximum Gasteiger partial charge on any atom is 0.330 e. The van der Waals surface area contributed by atoms with Crippen LogP contribution < -0.4 is 5.32 Å². The third-order valence-corrected chi connectivity index (χ3v) is 3.48. The maximum atomic E-state index is 12.0. The van der Waals surface area contributed by atoms with Crippen LogP contribution in [0.2, 0.25) is 0 Å². The van der Waals surface area contributed by atoms with Crippen molar-refractivity contribution in [2.75, 3.05) is 13.7 Å². The summed E-state index contributed by atoms with van der Waals surface area (Å²) in [4.78, 5) is 26.2. The van der Waals surface area contributed by atoms with Crippen LogP contribution in [0.4, 0.5) is 0 Å². The number of hydrogen-bond acceptors (Lipinski definition) is 3. The fraction of sp³-hybridized carbons (Fsp3) is 0.294. The molecule has 1 aromatic carbocycles. The summed E-state index contributed by atoms with van der Waals surface area (Å²) in [5.74, 6) is -0.516. The fourth-order valence-electron chi connectivity index (χ4n) is 2.34. The Kier molecular flexibility index (Phi) is 4.99. The number of hydrogen-bond donors (Lipinski definition) is 2. The molecule has 0 saturated heterocycles. The molecule has 1 aromatic heterocycles. The normalized spacial score (nSPS) is 11.0. The van der Waals surface area contributed by atoms with Crippen molar-refractivity contribution in [1.82, 2.24) is 10.3 Å². The molecule has 2 rings (SSSR count). The van der Waals surface area contributed by atoms with Gasteiger partial charge in [0.15, 0.2) is 0 Å². The average molecular weight is 300 g/mol. The van der Waals surface area contributed by atoms with Crippen molar-refractivity contribution in [2.24, 2.45) is 0 Å². The number of rotatable bonds is 5. The van der Waals surface area contributed by atoms with E-state index in [0.29, 0.717) is 13.0 Å². The van der Waals surface area contributed by atoms with Crippen molar-refractivity contribution >= 4 is 22.8 Å². The van der Waals surface area contributed by atoms with E-state index in [1.165, 1.54) is 13.2 Å². The van der Waals surface area contributed by atoms with Gasteiger partial charge in [-0.05, 0) is 31.5 Å². The summed E-state index contributed by atoms with van der Waals surface area (Å²) >= 11 is 0. The number of aryl methyl sites for hydroxylation is 2. The largest absolute Gasteiger partial charge is 0.466 e. The summed E-state index contributed by atoms with van der Waals surface area (Å²) in [5.41, 5.74) is 4.21. The standard InChI is InChI=1S/C17H20N2O3/c1-11-6-7-15-14(9-11)13(12(2)19-15)10-16(20)18-8-4-5-17(21)22-3/h4-7,9,19H,8,10H2,1-3H3,(H,18,20). The Hall–Kier alpha value is -2.56. The number of benzene rings is 1. The second-order valence-corrected chi connectivity index (χ2v) is 5.18. The monoisotopic (exact) mass is 300 g/mol. The van der Waals surface area contributed by atoms with Gasteiger partial charge in [0.25, 0.3) is 0 Å². The molecule has 0 bridgehead atoms. The van der Waals surface area contributed by atoms with Crippen molar-refractivity contribution in [1.29, 1.82) is 0 Å². The molecule has 2 aromatic rings. The minimum atomic E-state index is -0.433. The van der Waals surface area contributed by atoms with Gasteiger partial charge in [0.05, 0.1) is 13.5 Å². The van der Waals surface area contributed by atoms with E-state index >= 15 is 0 Å². The Balaban J connectivity index is 2.03. The number of nitrogens with one attached hydrogen (secondary N) is 2. The van der Waals surface area contributed by atoms with Gasteiger partial charge >= 0.3 is 5.97 Å². The smallest absolute Gasteiger partial charge is 0.330 e. The SMILES string of the molecule is COC(=O)C=CCNC(=O)Cc1c(C)[nH]c2ccc(C)cc12. The Labute approximate surface area is 129 Å². The number of H-pyrrole nitrogens is 1. The molecule has 0 aliphatic rings. The van der Waals surface area contributed by atoms with Crippen LogP contribution in [0.25, 0.3) is 10.9 Å². The summed E-state index contributed by atoms with van der Waals surface area (Å²) < 4.78 is 4.48. The molecule has 5 heteroatoms. The van der Waals surface area contributed by atoms with Crippen LogP contribution in [0.1, 0.15) is 16.8 Å². The summed E-state index contributed by atoms with van der Waals surface area (Å²) in [6.45, 7) is 4.30. The number of amides is 1. The Morgan fingerprint density at radius 2 is 2.09 bits per heavy atom. The zero-order chi connectivity index (χ0) is 16.1. The molecule has 0 radical (unpaired) electrons. The number of ether oxygens (including phenoxy) is 1. The lowest BCUT2D eigenvalue weighted by atomic mass is 10.1. The van der Waals surface area contributed by atoms with E-state index in [-0.39, 0.29) is 5.91 Å². The molecule has 0 aliphatic carbocycles. The molecule has 0 spiro atoms. The van der Waals surface area contributed by atoms with E-state index in [1.807, 2.05) is 26.0 Å². The molecule has 0 fully saturated rings. The highest BCUT2D eigenvalue weighted by atomic mass is 16.5. The van der Waals surface area contributed by atoms with Crippen LogP contribution in [0.3, 0.4) is 0 Å². The van der Waals surface area contributed by atoms with E-state index in [4.69, 9.17) is 0 Å². The number of carbonyl (C=O) groups excluding carboxylic acids is 2. The minimum Gasteiger partial charge on any atom is -0.466 e. The van der Waals surface area contributed by atoms with Crippen LogP contribution in [0.15, 0.2) is 30.4 Å². The highest BCUT2D eigenvalue weighted by molar-refractivity contribution is 5.90. The van der Waals surface area contributed by atoms with Crippen molar-refractivity contribution in [3.8, 4) is 0 Å². The first-order valence-corrected chi connectivity index (χ1v) is 7.10. The predicted molar refractivity (Wildman–Crippen MR) is 85.6 cm³/mol. The van der Waals surface area contributed by atoms with Crippen molar-refractivity contribution in [3.05, 3.63) is 47.2 Å². The summed E-state index contributed by atoms with van der Waals surface area (Å²) in [5, 5.41) is 3.84. The molecule has 2 N–H and O–H groups in total. The van der Waals surface area contributed by atoms with Crippen molar-refractivity contribution in [3.63, 3.8) is 0 Å². The number of methoxy groups -OCH3 is 1. The van der Waals surface area contributed by atoms with E-state index in [0.717, 1.165) is 27.7 Å². The van der Waals surface area contributed by atoms with Crippen LogP contribution in [0, 0.1) is 13.8 Å². The third kappa shape index (κ3) is 3.75. The van der Waals surface area contributed by atoms with Gasteiger partial charge in [0.1, 0.15) is 0 Å². The Bertz CT molecular complexity index is 729. The average Bonchev–Trinajstić information content (AvgIpc) is 2.79. The molecular weight excluding hydrogens is 280 g/mol. The molecule has 116 valence electrons. The van der Waals surface area contributed by atoms with E-state index in [2.05, 4.69) is 21.1 Å². The van der Waals surface area contributed by atoms with Crippen LogP contribution >= 0.6 is 0 Å². The highest BCUT2D eigenvalue weighted by Gasteiger charge is 2.12. The van der Waals surface area contributed by atoms with Gasteiger partial charge in [-0.1, -0.05) is 17.7 Å². The minimum absolute atomic E-state index is 0.0833. The second kappa shape index (κ2) is 6.93. The molecule has 0 aliphatic heterocycles. The van der Waals surface area contributed by atoms with E-state index in [1.54, 1.807) is 6.08 Å². The van der Waals surface area contributed by atoms with Gasteiger partial charge in [0, 0.05) is 29.2 Å². The van der Waals surface area contributed by atoms with Crippen molar-refractivity contribution < 1.29 is 14.3 Å². The number of aromatic amines is 1.